The average Bonchev–Trinajstić information content (AvgIpc) is 2.49. The van der Waals surface area contributed by atoms with E-state index in [-0.39, 0.29) is 11.6 Å². The van der Waals surface area contributed by atoms with Crippen molar-refractivity contribution in [2.24, 2.45) is 0 Å². The Labute approximate surface area is 137 Å². The van der Waals surface area contributed by atoms with Gasteiger partial charge in [-0.25, -0.2) is 4.39 Å². The summed E-state index contributed by atoms with van der Waals surface area (Å²) in [7, 11) is 4.09. The molecule has 2 aromatic carbocycles. The highest BCUT2D eigenvalue weighted by Gasteiger charge is 2.23. The minimum atomic E-state index is -0.806. The number of aliphatic hydroxyl groups is 1. The molecule has 124 valence electrons. The number of rotatable bonds is 7. The van der Waals surface area contributed by atoms with Gasteiger partial charge in [-0.2, -0.15) is 0 Å². The van der Waals surface area contributed by atoms with Gasteiger partial charge in [0.25, 0.3) is 0 Å². The van der Waals surface area contributed by atoms with E-state index in [2.05, 4.69) is 0 Å². The van der Waals surface area contributed by atoms with Crippen LogP contribution in [-0.2, 0) is 6.42 Å². The molecule has 0 saturated carbocycles. The summed E-state index contributed by atoms with van der Waals surface area (Å²) in [5.74, 6) is -0.0815. The Bertz CT molecular complexity index is 626. The molecule has 2 N–H and O–H groups in total. The van der Waals surface area contributed by atoms with E-state index < -0.39 is 6.10 Å². The lowest BCUT2D eigenvalue weighted by Gasteiger charge is -2.32. The lowest BCUT2D eigenvalue weighted by atomic mass is 10.1. The van der Waals surface area contributed by atoms with E-state index >= 15 is 0 Å². The van der Waals surface area contributed by atoms with Crippen molar-refractivity contribution in [3.05, 3.63) is 65.5 Å². The number of aliphatic hydroxyl groups excluding tert-OH is 1. The second-order valence-electron chi connectivity index (χ2n) is 6.65. The number of halogens is 1. The lowest BCUT2D eigenvalue weighted by Crippen LogP contribution is -2.43. The van der Waals surface area contributed by atoms with Crippen molar-refractivity contribution >= 4 is 0 Å². The van der Waals surface area contributed by atoms with Crippen molar-refractivity contribution in [3.8, 4) is 5.75 Å². The van der Waals surface area contributed by atoms with Crippen LogP contribution in [0.1, 0.15) is 23.7 Å². The number of phenolic OH excluding ortho intramolecular Hbond substituents is 1. The minimum absolute atomic E-state index is 0.276. The van der Waals surface area contributed by atoms with Crippen LogP contribution in [0.2, 0.25) is 0 Å². The van der Waals surface area contributed by atoms with Crippen LogP contribution in [0.5, 0.6) is 5.75 Å². The topological polar surface area (TPSA) is 40.5 Å². The van der Waals surface area contributed by atoms with E-state index in [1.54, 1.807) is 30.3 Å². The molecule has 0 aliphatic rings. The van der Waals surface area contributed by atoms with Gasteiger partial charge in [0.2, 0.25) is 0 Å². The molecule has 0 spiro atoms. The molecule has 0 radical (unpaired) electrons. The van der Waals surface area contributed by atoms with E-state index in [1.807, 2.05) is 26.2 Å². The molecule has 0 fully saturated rings. The van der Waals surface area contributed by atoms with Gasteiger partial charge in [-0.3, -0.25) is 0 Å². The number of phenols is 1. The third-order valence-corrected chi connectivity index (χ3v) is 4.10. The van der Waals surface area contributed by atoms with Gasteiger partial charge in [0.05, 0.1) is 20.6 Å². The summed E-state index contributed by atoms with van der Waals surface area (Å²) in [6.45, 7) is 1.35. The summed E-state index contributed by atoms with van der Waals surface area (Å²) in [6.07, 6.45) is 1.07. The highest BCUT2D eigenvalue weighted by atomic mass is 19.1. The maximum atomic E-state index is 13.7. The summed E-state index contributed by atoms with van der Waals surface area (Å²) in [5.41, 5.74) is 1.54. The van der Waals surface area contributed by atoms with Crippen LogP contribution < -0.4 is 0 Å². The van der Waals surface area contributed by atoms with Gasteiger partial charge in [0.15, 0.2) is 0 Å². The molecule has 0 aromatic heterocycles. The van der Waals surface area contributed by atoms with Crippen LogP contribution in [0.15, 0.2) is 48.5 Å². The van der Waals surface area contributed by atoms with Crippen LogP contribution in [0.4, 0.5) is 4.39 Å². The molecule has 1 atom stereocenters. The average molecular weight is 318 g/mol. The molecule has 23 heavy (non-hydrogen) atoms. The Morgan fingerprint density at radius 3 is 2.35 bits per heavy atom. The van der Waals surface area contributed by atoms with E-state index in [1.165, 1.54) is 11.6 Å². The number of likely N-dealkylation sites (N-methyl/N-ethyl adjacent to an activating group) is 1. The summed E-state index contributed by atoms with van der Waals surface area (Å²) < 4.78 is 14.4. The second-order valence-corrected chi connectivity index (χ2v) is 6.65. The van der Waals surface area contributed by atoms with Gasteiger partial charge >= 0.3 is 0 Å². The molecule has 2 rings (SSSR count). The largest absolute Gasteiger partial charge is 0.508 e. The van der Waals surface area contributed by atoms with Gasteiger partial charge in [-0.15, -0.1) is 0 Å². The standard InChI is InChI=1S/C19H24FNO2/c1-21(2,13-5-6-15-9-11-16(22)12-10-15)14-19(23)17-7-3-4-8-18(17)20/h3-4,7-12,19,23H,5-6,13-14H2,1-2H3/p+1/t19-/m0/s1. The molecular weight excluding hydrogens is 293 g/mol. The first-order chi connectivity index (χ1) is 10.9. The molecule has 0 aliphatic carbocycles. The van der Waals surface area contributed by atoms with Gasteiger partial charge in [0, 0.05) is 12.0 Å². The summed E-state index contributed by atoms with van der Waals surface area (Å²) in [5, 5.41) is 19.6. The maximum absolute atomic E-state index is 13.7. The Hall–Kier alpha value is -1.91. The third kappa shape index (κ3) is 5.34. The fourth-order valence-electron chi connectivity index (χ4n) is 2.78. The van der Waals surface area contributed by atoms with Gasteiger partial charge in [-0.05, 0) is 30.2 Å². The van der Waals surface area contributed by atoms with Crippen molar-refractivity contribution in [2.75, 3.05) is 27.2 Å². The lowest BCUT2D eigenvalue weighted by molar-refractivity contribution is -0.894. The predicted octanol–water partition coefficient (Wildman–Crippen LogP) is 3.27. The monoisotopic (exact) mass is 318 g/mol. The molecule has 0 aliphatic heterocycles. The van der Waals surface area contributed by atoms with Crippen LogP contribution in [0.3, 0.4) is 0 Å². The van der Waals surface area contributed by atoms with Crippen LogP contribution in [0, 0.1) is 5.82 Å². The van der Waals surface area contributed by atoms with Crippen LogP contribution in [0.25, 0.3) is 0 Å². The zero-order chi connectivity index (χ0) is 16.9. The van der Waals surface area contributed by atoms with Gasteiger partial charge in [-0.1, -0.05) is 30.3 Å². The first-order valence-electron chi connectivity index (χ1n) is 7.90. The highest BCUT2D eigenvalue weighted by Crippen LogP contribution is 2.20. The predicted molar refractivity (Wildman–Crippen MR) is 89.6 cm³/mol. The van der Waals surface area contributed by atoms with E-state index in [4.69, 9.17) is 0 Å². The molecule has 3 nitrogen and oxygen atoms in total. The van der Waals surface area contributed by atoms with Gasteiger partial charge < -0.3 is 14.7 Å². The minimum Gasteiger partial charge on any atom is -0.508 e. The molecule has 0 saturated heterocycles. The number of nitrogens with zero attached hydrogens (tertiary/aromatic N) is 1. The Morgan fingerprint density at radius 1 is 1.04 bits per heavy atom. The number of quaternary nitrogens is 1. The molecule has 0 bridgehead atoms. The normalized spacial score (nSPS) is 13.0. The molecule has 0 heterocycles. The summed E-state index contributed by atoms with van der Waals surface area (Å²) in [4.78, 5) is 0. The molecular formula is C19H25FNO2+. The Kier molecular flexibility index (Phi) is 5.74. The number of aromatic hydroxyl groups is 1. The van der Waals surface area contributed by atoms with Crippen molar-refractivity contribution < 1.29 is 19.1 Å². The van der Waals surface area contributed by atoms with E-state index in [0.29, 0.717) is 16.6 Å². The van der Waals surface area contributed by atoms with Crippen LogP contribution >= 0.6 is 0 Å². The zero-order valence-electron chi connectivity index (χ0n) is 13.7. The molecule has 4 heteroatoms. The van der Waals surface area contributed by atoms with Crippen molar-refractivity contribution in [1.82, 2.24) is 0 Å². The number of hydrogen-bond acceptors (Lipinski definition) is 2. The van der Waals surface area contributed by atoms with Crippen molar-refractivity contribution in [1.29, 1.82) is 0 Å². The quantitative estimate of drug-likeness (QED) is 0.769. The SMILES string of the molecule is C[N+](C)(CCCc1ccc(O)cc1)C[C@H](O)c1ccccc1F. The number of aryl methyl sites for hydroxylation is 1. The summed E-state index contributed by atoms with van der Waals surface area (Å²) >= 11 is 0. The summed E-state index contributed by atoms with van der Waals surface area (Å²) in [6, 6.07) is 13.6. The number of hydrogen-bond donors (Lipinski definition) is 2. The molecule has 2 aromatic rings. The van der Waals surface area contributed by atoms with Crippen molar-refractivity contribution in [2.45, 2.75) is 18.9 Å². The highest BCUT2D eigenvalue weighted by molar-refractivity contribution is 5.25. The van der Waals surface area contributed by atoms with E-state index in [0.717, 1.165) is 19.4 Å². The zero-order valence-corrected chi connectivity index (χ0v) is 13.7. The second kappa shape index (κ2) is 7.57. The Morgan fingerprint density at radius 2 is 1.70 bits per heavy atom. The Balaban J connectivity index is 1.86. The smallest absolute Gasteiger partial charge is 0.131 e. The van der Waals surface area contributed by atoms with E-state index in [9.17, 15) is 14.6 Å². The number of benzene rings is 2. The third-order valence-electron chi connectivity index (χ3n) is 4.10. The first-order valence-corrected chi connectivity index (χ1v) is 7.90. The fraction of sp³-hybridized carbons (Fsp3) is 0.368. The maximum Gasteiger partial charge on any atom is 0.131 e. The van der Waals surface area contributed by atoms with Crippen LogP contribution in [-0.4, -0.2) is 41.9 Å². The van der Waals surface area contributed by atoms with Gasteiger partial charge in [0.1, 0.15) is 24.2 Å². The van der Waals surface area contributed by atoms with Crippen molar-refractivity contribution in [3.63, 3.8) is 0 Å². The molecule has 0 unspecified atom stereocenters. The first kappa shape index (κ1) is 17.4. The molecule has 0 amide bonds. The fourth-order valence-corrected chi connectivity index (χ4v) is 2.78.